The zero-order valence-electron chi connectivity index (χ0n) is 19.6. The zero-order chi connectivity index (χ0) is 23.6. The number of fused-ring (bicyclic) bond motifs is 3. The predicted octanol–water partition coefficient (Wildman–Crippen LogP) is 3.33. The second kappa shape index (κ2) is 9.25. The normalized spacial score (nSPS) is 19.4. The van der Waals surface area contributed by atoms with E-state index in [9.17, 15) is 14.4 Å². The molecule has 2 heterocycles. The summed E-state index contributed by atoms with van der Waals surface area (Å²) in [5.74, 6) is -0.201. The number of carbonyl (C=O) groups excluding carboxylic acids is 3. The number of anilines is 2. The molecule has 3 amide bonds. The summed E-state index contributed by atoms with van der Waals surface area (Å²) in [4.78, 5) is 44.2. The average molecular weight is 449 g/mol. The van der Waals surface area contributed by atoms with Crippen LogP contribution in [0, 0.1) is 6.92 Å². The Kier molecular flexibility index (Phi) is 6.40. The van der Waals surface area contributed by atoms with E-state index in [2.05, 4.69) is 42.3 Å². The predicted molar refractivity (Wildman–Crippen MR) is 129 cm³/mol. The molecule has 174 valence electrons. The molecule has 2 aliphatic rings. The van der Waals surface area contributed by atoms with Gasteiger partial charge in [-0.15, -0.1) is 0 Å². The highest BCUT2D eigenvalue weighted by atomic mass is 16.2. The van der Waals surface area contributed by atoms with Crippen LogP contribution in [-0.4, -0.2) is 54.5 Å². The Balaban J connectivity index is 1.37. The summed E-state index contributed by atoms with van der Waals surface area (Å²) in [6.45, 7) is 8.45. The third-order valence-corrected chi connectivity index (χ3v) is 6.76. The molecule has 1 saturated heterocycles. The van der Waals surface area contributed by atoms with E-state index in [1.54, 1.807) is 21.9 Å². The molecule has 1 atom stereocenters. The van der Waals surface area contributed by atoms with Gasteiger partial charge in [0.15, 0.2) is 0 Å². The van der Waals surface area contributed by atoms with Crippen LogP contribution in [0.15, 0.2) is 48.5 Å². The van der Waals surface area contributed by atoms with Crippen molar-refractivity contribution in [3.63, 3.8) is 0 Å². The number of nitrogens with one attached hydrogen (secondary N) is 1. The molecule has 33 heavy (non-hydrogen) atoms. The standard InChI is InChI=1S/C26H32N4O3/c1-4-28(20-9-7-8-19(2)18-20)17-15-27-23(31)13-16-29-25(33)21-10-5-6-11-22(21)30-24(32)12-14-26(29,30)3/h5-11,18H,4,12-17H2,1-3H3,(H,27,31). The first-order chi connectivity index (χ1) is 15.8. The number of para-hydroxylation sites is 1. The van der Waals surface area contributed by atoms with Crippen LogP contribution in [0.25, 0.3) is 0 Å². The van der Waals surface area contributed by atoms with Crippen LogP contribution in [0.2, 0.25) is 0 Å². The van der Waals surface area contributed by atoms with Crippen LogP contribution in [0.3, 0.4) is 0 Å². The Morgan fingerprint density at radius 3 is 2.70 bits per heavy atom. The van der Waals surface area contributed by atoms with Crippen molar-refractivity contribution in [2.45, 2.75) is 45.7 Å². The van der Waals surface area contributed by atoms with Gasteiger partial charge < -0.3 is 15.1 Å². The van der Waals surface area contributed by atoms with Crippen molar-refractivity contribution >= 4 is 29.1 Å². The van der Waals surface area contributed by atoms with Crippen molar-refractivity contribution in [2.75, 3.05) is 36.0 Å². The summed E-state index contributed by atoms with van der Waals surface area (Å²) in [6.07, 6.45) is 1.16. The van der Waals surface area contributed by atoms with E-state index in [0.717, 1.165) is 12.2 Å². The minimum Gasteiger partial charge on any atom is -0.370 e. The lowest BCUT2D eigenvalue weighted by atomic mass is 9.98. The number of benzene rings is 2. The fraction of sp³-hybridized carbons (Fsp3) is 0.423. The fourth-order valence-electron chi connectivity index (χ4n) is 4.97. The number of amides is 3. The first-order valence-corrected chi connectivity index (χ1v) is 11.7. The molecule has 0 saturated carbocycles. The van der Waals surface area contributed by atoms with Crippen molar-refractivity contribution in [3.8, 4) is 0 Å². The van der Waals surface area contributed by atoms with E-state index >= 15 is 0 Å². The number of likely N-dealkylation sites (N-methyl/N-ethyl adjacent to an activating group) is 1. The van der Waals surface area contributed by atoms with Gasteiger partial charge in [0.25, 0.3) is 5.91 Å². The second-order valence-corrected chi connectivity index (χ2v) is 8.94. The number of hydrogen-bond acceptors (Lipinski definition) is 4. The van der Waals surface area contributed by atoms with Crippen molar-refractivity contribution in [1.82, 2.24) is 10.2 Å². The smallest absolute Gasteiger partial charge is 0.257 e. The Labute approximate surface area is 195 Å². The molecule has 4 rings (SSSR count). The van der Waals surface area contributed by atoms with Crippen molar-refractivity contribution < 1.29 is 14.4 Å². The van der Waals surface area contributed by atoms with Crippen LogP contribution in [0.4, 0.5) is 11.4 Å². The summed E-state index contributed by atoms with van der Waals surface area (Å²) >= 11 is 0. The second-order valence-electron chi connectivity index (χ2n) is 8.94. The van der Waals surface area contributed by atoms with Crippen molar-refractivity contribution in [1.29, 1.82) is 0 Å². The van der Waals surface area contributed by atoms with Crippen LogP contribution in [-0.2, 0) is 9.59 Å². The summed E-state index contributed by atoms with van der Waals surface area (Å²) in [7, 11) is 0. The maximum Gasteiger partial charge on any atom is 0.257 e. The monoisotopic (exact) mass is 448 g/mol. The van der Waals surface area contributed by atoms with Gasteiger partial charge in [0.2, 0.25) is 11.8 Å². The Hall–Kier alpha value is -3.35. The Bertz CT molecular complexity index is 1070. The molecule has 7 nitrogen and oxygen atoms in total. The number of hydrogen-bond donors (Lipinski definition) is 1. The lowest BCUT2D eigenvalue weighted by Gasteiger charge is -2.48. The SMILES string of the molecule is CCN(CCNC(=O)CCN1C(=O)c2ccccc2N2C(=O)CCC12C)c1cccc(C)c1. The zero-order valence-corrected chi connectivity index (χ0v) is 19.6. The van der Waals surface area contributed by atoms with Gasteiger partial charge in [0, 0.05) is 44.7 Å². The van der Waals surface area contributed by atoms with Gasteiger partial charge in [-0.2, -0.15) is 0 Å². The van der Waals surface area contributed by atoms with E-state index in [1.807, 2.05) is 25.1 Å². The molecule has 2 aliphatic heterocycles. The summed E-state index contributed by atoms with van der Waals surface area (Å²) < 4.78 is 0. The van der Waals surface area contributed by atoms with E-state index in [4.69, 9.17) is 0 Å². The molecule has 2 aromatic carbocycles. The van der Waals surface area contributed by atoms with Gasteiger partial charge in [-0.3, -0.25) is 19.3 Å². The van der Waals surface area contributed by atoms with Gasteiger partial charge in [-0.05, 0) is 57.0 Å². The van der Waals surface area contributed by atoms with Crippen LogP contribution in [0.1, 0.15) is 49.0 Å². The number of nitrogens with zero attached hydrogens (tertiary/aromatic N) is 3. The first-order valence-electron chi connectivity index (χ1n) is 11.7. The summed E-state index contributed by atoms with van der Waals surface area (Å²) in [6, 6.07) is 15.5. The van der Waals surface area contributed by atoms with Crippen molar-refractivity contribution in [3.05, 3.63) is 59.7 Å². The molecule has 1 fully saturated rings. The molecular formula is C26H32N4O3. The fourth-order valence-corrected chi connectivity index (χ4v) is 4.97. The molecule has 0 spiro atoms. The molecular weight excluding hydrogens is 416 g/mol. The van der Waals surface area contributed by atoms with E-state index in [-0.39, 0.29) is 30.7 Å². The van der Waals surface area contributed by atoms with Gasteiger partial charge in [0.05, 0.1) is 11.3 Å². The van der Waals surface area contributed by atoms with E-state index in [1.165, 1.54) is 5.56 Å². The quantitative estimate of drug-likeness (QED) is 0.672. The molecule has 0 aromatic heterocycles. The minimum atomic E-state index is -0.729. The average Bonchev–Trinajstić information content (AvgIpc) is 3.11. The molecule has 1 unspecified atom stereocenters. The van der Waals surface area contributed by atoms with Crippen LogP contribution < -0.4 is 15.1 Å². The van der Waals surface area contributed by atoms with Crippen molar-refractivity contribution in [2.24, 2.45) is 0 Å². The highest BCUT2D eigenvalue weighted by Crippen LogP contribution is 2.43. The number of rotatable bonds is 8. The maximum atomic E-state index is 13.3. The lowest BCUT2D eigenvalue weighted by Crippen LogP contribution is -2.62. The topological polar surface area (TPSA) is 73.0 Å². The molecule has 2 aromatic rings. The molecule has 1 N–H and O–H groups in total. The third-order valence-electron chi connectivity index (χ3n) is 6.76. The van der Waals surface area contributed by atoms with Crippen LogP contribution in [0.5, 0.6) is 0 Å². The highest BCUT2D eigenvalue weighted by molar-refractivity contribution is 6.10. The summed E-state index contributed by atoms with van der Waals surface area (Å²) in [5, 5.41) is 2.99. The minimum absolute atomic E-state index is 0.0164. The molecule has 0 aliphatic carbocycles. The number of aryl methyl sites for hydroxylation is 1. The lowest BCUT2D eigenvalue weighted by molar-refractivity contribution is -0.121. The first kappa shape index (κ1) is 22.8. The summed E-state index contributed by atoms with van der Waals surface area (Å²) in [5.41, 5.74) is 2.80. The molecule has 0 radical (unpaired) electrons. The largest absolute Gasteiger partial charge is 0.370 e. The highest BCUT2D eigenvalue weighted by Gasteiger charge is 2.52. The molecule has 0 bridgehead atoms. The van der Waals surface area contributed by atoms with E-state index < -0.39 is 5.66 Å². The van der Waals surface area contributed by atoms with Gasteiger partial charge >= 0.3 is 0 Å². The maximum absolute atomic E-state index is 13.3. The van der Waals surface area contributed by atoms with E-state index in [0.29, 0.717) is 37.2 Å². The van der Waals surface area contributed by atoms with Gasteiger partial charge in [0.1, 0.15) is 5.66 Å². The number of carbonyl (C=O) groups is 3. The van der Waals surface area contributed by atoms with Gasteiger partial charge in [-0.1, -0.05) is 24.3 Å². The van der Waals surface area contributed by atoms with Gasteiger partial charge in [-0.25, -0.2) is 0 Å². The Morgan fingerprint density at radius 1 is 1.15 bits per heavy atom. The van der Waals surface area contributed by atoms with Crippen LogP contribution >= 0.6 is 0 Å². The Morgan fingerprint density at radius 2 is 1.94 bits per heavy atom. The molecule has 7 heteroatoms. The third kappa shape index (κ3) is 4.32.